The van der Waals surface area contributed by atoms with Gasteiger partial charge in [-0.05, 0) is 54.6 Å². The first kappa shape index (κ1) is 19.1. The van der Waals surface area contributed by atoms with E-state index in [1.807, 2.05) is 30.3 Å². The summed E-state index contributed by atoms with van der Waals surface area (Å²) in [6, 6.07) is 21.8. The summed E-state index contributed by atoms with van der Waals surface area (Å²) < 4.78 is 19.1. The van der Waals surface area contributed by atoms with Gasteiger partial charge in [0.2, 0.25) is 11.8 Å². The van der Waals surface area contributed by atoms with Gasteiger partial charge in [0.05, 0.1) is 0 Å². The van der Waals surface area contributed by atoms with Crippen molar-refractivity contribution in [2.45, 2.75) is 6.92 Å². The lowest BCUT2D eigenvalue weighted by Crippen LogP contribution is -2.36. The Hall–Kier alpha value is -3.67. The number of rotatable bonds is 6. The highest BCUT2D eigenvalue weighted by Gasteiger charge is 2.16. The van der Waals surface area contributed by atoms with Crippen molar-refractivity contribution in [2.75, 3.05) is 16.8 Å². The average Bonchev–Trinajstić information content (AvgIpc) is 2.68. The van der Waals surface area contributed by atoms with Gasteiger partial charge < -0.3 is 15.0 Å². The van der Waals surface area contributed by atoms with E-state index in [1.165, 1.54) is 30.0 Å². The Morgan fingerprint density at radius 1 is 0.929 bits per heavy atom. The summed E-state index contributed by atoms with van der Waals surface area (Å²) in [4.78, 5) is 25.4. The fourth-order valence-electron chi connectivity index (χ4n) is 2.60. The zero-order valence-electron chi connectivity index (χ0n) is 15.3. The number of ether oxygens (including phenoxy) is 1. The molecule has 3 aromatic carbocycles. The molecule has 0 fully saturated rings. The van der Waals surface area contributed by atoms with E-state index >= 15 is 0 Å². The zero-order valence-corrected chi connectivity index (χ0v) is 15.3. The SMILES string of the molecule is CC(=O)N(CC(=O)Nc1ccc(Oc2ccccc2)cc1)c1cccc(F)c1. The van der Waals surface area contributed by atoms with Crippen molar-refractivity contribution in [1.29, 1.82) is 0 Å². The molecule has 0 bridgehead atoms. The second-order valence-electron chi connectivity index (χ2n) is 6.07. The molecule has 0 unspecified atom stereocenters. The van der Waals surface area contributed by atoms with Crippen molar-refractivity contribution >= 4 is 23.2 Å². The normalized spacial score (nSPS) is 10.2. The van der Waals surface area contributed by atoms with E-state index in [1.54, 1.807) is 30.3 Å². The maximum Gasteiger partial charge on any atom is 0.244 e. The van der Waals surface area contributed by atoms with Crippen molar-refractivity contribution in [3.8, 4) is 11.5 Å². The van der Waals surface area contributed by atoms with E-state index in [4.69, 9.17) is 4.74 Å². The lowest BCUT2D eigenvalue weighted by atomic mass is 10.2. The number of anilines is 2. The number of hydrogen-bond acceptors (Lipinski definition) is 3. The lowest BCUT2D eigenvalue weighted by Gasteiger charge is -2.20. The highest BCUT2D eigenvalue weighted by Crippen LogP contribution is 2.23. The fraction of sp³-hybridized carbons (Fsp3) is 0.0909. The minimum absolute atomic E-state index is 0.221. The summed E-state index contributed by atoms with van der Waals surface area (Å²) in [5.41, 5.74) is 0.891. The zero-order chi connectivity index (χ0) is 19.9. The van der Waals surface area contributed by atoms with Crippen molar-refractivity contribution in [3.63, 3.8) is 0 Å². The summed E-state index contributed by atoms with van der Waals surface area (Å²) in [5, 5.41) is 2.72. The molecule has 0 aliphatic carbocycles. The Labute approximate surface area is 162 Å². The molecule has 0 aromatic heterocycles. The van der Waals surface area contributed by atoms with Gasteiger partial charge in [-0.25, -0.2) is 4.39 Å². The number of para-hydroxylation sites is 1. The molecule has 0 saturated carbocycles. The highest BCUT2D eigenvalue weighted by molar-refractivity contribution is 6.01. The topological polar surface area (TPSA) is 58.6 Å². The predicted molar refractivity (Wildman–Crippen MR) is 106 cm³/mol. The second-order valence-corrected chi connectivity index (χ2v) is 6.07. The third kappa shape index (κ3) is 5.17. The third-order valence-corrected chi connectivity index (χ3v) is 3.92. The van der Waals surface area contributed by atoms with Gasteiger partial charge in [-0.15, -0.1) is 0 Å². The first-order valence-electron chi connectivity index (χ1n) is 8.68. The Kier molecular flexibility index (Phi) is 6.01. The maximum absolute atomic E-state index is 13.4. The van der Waals surface area contributed by atoms with Crippen LogP contribution in [0.5, 0.6) is 11.5 Å². The number of nitrogens with one attached hydrogen (secondary N) is 1. The molecule has 3 rings (SSSR count). The van der Waals surface area contributed by atoms with Gasteiger partial charge in [-0.1, -0.05) is 24.3 Å². The van der Waals surface area contributed by atoms with Crippen LogP contribution in [0.2, 0.25) is 0 Å². The molecule has 3 aromatic rings. The van der Waals surface area contributed by atoms with E-state index in [2.05, 4.69) is 5.32 Å². The van der Waals surface area contributed by atoms with Crippen LogP contribution in [0.25, 0.3) is 0 Å². The van der Waals surface area contributed by atoms with E-state index in [0.717, 1.165) is 0 Å². The van der Waals surface area contributed by atoms with Gasteiger partial charge in [0.25, 0.3) is 0 Å². The minimum Gasteiger partial charge on any atom is -0.457 e. The quantitative estimate of drug-likeness (QED) is 0.681. The standard InChI is InChI=1S/C22H19FN2O3/c1-16(26)25(19-7-5-6-17(23)14-19)15-22(27)24-18-10-12-21(13-11-18)28-20-8-3-2-4-9-20/h2-14H,15H2,1H3,(H,24,27). The summed E-state index contributed by atoms with van der Waals surface area (Å²) in [5.74, 6) is 0.127. The van der Waals surface area contributed by atoms with Crippen LogP contribution in [0, 0.1) is 5.82 Å². The minimum atomic E-state index is -0.474. The number of carbonyl (C=O) groups is 2. The summed E-state index contributed by atoms with van der Waals surface area (Å²) in [7, 11) is 0. The van der Waals surface area contributed by atoms with Crippen molar-refractivity contribution < 1.29 is 18.7 Å². The third-order valence-electron chi connectivity index (χ3n) is 3.92. The van der Waals surface area contributed by atoms with E-state index in [-0.39, 0.29) is 12.5 Å². The van der Waals surface area contributed by atoms with Gasteiger partial charge >= 0.3 is 0 Å². The van der Waals surface area contributed by atoms with Crippen molar-refractivity contribution in [1.82, 2.24) is 0 Å². The Morgan fingerprint density at radius 2 is 1.61 bits per heavy atom. The molecule has 0 aliphatic rings. The Bertz CT molecular complexity index is 959. The first-order chi connectivity index (χ1) is 13.5. The summed E-state index contributed by atoms with van der Waals surface area (Å²) in [6.45, 7) is 1.11. The predicted octanol–water partition coefficient (Wildman–Crippen LogP) is 4.61. The number of halogens is 1. The molecule has 0 aliphatic heterocycles. The number of hydrogen-bond donors (Lipinski definition) is 1. The fourth-order valence-corrected chi connectivity index (χ4v) is 2.60. The molecule has 5 nitrogen and oxygen atoms in total. The molecule has 2 amide bonds. The largest absolute Gasteiger partial charge is 0.457 e. The average molecular weight is 378 g/mol. The van der Waals surface area contributed by atoms with Crippen LogP contribution in [0.15, 0.2) is 78.9 Å². The summed E-state index contributed by atoms with van der Waals surface area (Å²) in [6.07, 6.45) is 0. The van der Waals surface area contributed by atoms with Crippen LogP contribution in [-0.2, 0) is 9.59 Å². The van der Waals surface area contributed by atoms with Gasteiger partial charge in [-0.2, -0.15) is 0 Å². The van der Waals surface area contributed by atoms with E-state index in [0.29, 0.717) is 22.9 Å². The van der Waals surface area contributed by atoms with Crippen LogP contribution in [0.3, 0.4) is 0 Å². The van der Waals surface area contributed by atoms with Gasteiger partial charge in [0.15, 0.2) is 0 Å². The van der Waals surface area contributed by atoms with Gasteiger partial charge in [-0.3, -0.25) is 9.59 Å². The molecule has 28 heavy (non-hydrogen) atoms. The molecular weight excluding hydrogens is 359 g/mol. The van der Waals surface area contributed by atoms with Gasteiger partial charge in [0, 0.05) is 18.3 Å². The molecular formula is C22H19FN2O3. The number of benzene rings is 3. The molecule has 0 atom stereocenters. The van der Waals surface area contributed by atoms with Crippen molar-refractivity contribution in [3.05, 3.63) is 84.7 Å². The molecule has 0 saturated heterocycles. The molecule has 1 N–H and O–H groups in total. The molecule has 0 heterocycles. The van der Waals surface area contributed by atoms with E-state index in [9.17, 15) is 14.0 Å². The van der Waals surface area contributed by atoms with Crippen LogP contribution < -0.4 is 15.0 Å². The number of nitrogens with zero attached hydrogens (tertiary/aromatic N) is 1. The van der Waals surface area contributed by atoms with Crippen molar-refractivity contribution in [2.24, 2.45) is 0 Å². The second kappa shape index (κ2) is 8.81. The molecule has 0 spiro atoms. The first-order valence-corrected chi connectivity index (χ1v) is 8.68. The van der Waals surface area contributed by atoms with Crippen LogP contribution in [0.4, 0.5) is 15.8 Å². The van der Waals surface area contributed by atoms with E-state index < -0.39 is 11.7 Å². The lowest BCUT2D eigenvalue weighted by molar-refractivity contribution is -0.120. The Balaban J connectivity index is 1.62. The number of amides is 2. The van der Waals surface area contributed by atoms with Gasteiger partial charge in [0.1, 0.15) is 23.9 Å². The van der Waals surface area contributed by atoms with Crippen LogP contribution in [0.1, 0.15) is 6.92 Å². The molecule has 142 valence electrons. The number of carbonyl (C=O) groups excluding carboxylic acids is 2. The highest BCUT2D eigenvalue weighted by atomic mass is 19.1. The van der Waals surface area contributed by atoms with Crippen LogP contribution >= 0.6 is 0 Å². The monoisotopic (exact) mass is 378 g/mol. The molecule has 6 heteroatoms. The molecule has 0 radical (unpaired) electrons. The summed E-state index contributed by atoms with van der Waals surface area (Å²) >= 11 is 0. The maximum atomic E-state index is 13.4. The Morgan fingerprint density at radius 3 is 2.25 bits per heavy atom. The smallest absolute Gasteiger partial charge is 0.244 e. The van der Waals surface area contributed by atoms with Crippen LogP contribution in [-0.4, -0.2) is 18.4 Å².